The number of hydrogen-bond donors (Lipinski definition) is 2. The van der Waals surface area contributed by atoms with Gasteiger partial charge in [-0.25, -0.2) is 4.98 Å². The predicted octanol–water partition coefficient (Wildman–Crippen LogP) is 2.84. The minimum Gasteiger partial charge on any atom is -0.394 e. The number of anilines is 1. The van der Waals surface area contributed by atoms with E-state index in [1.807, 2.05) is 25.1 Å². The van der Waals surface area contributed by atoms with Gasteiger partial charge in [-0.1, -0.05) is 17.7 Å². The van der Waals surface area contributed by atoms with Crippen molar-refractivity contribution in [1.82, 2.24) is 9.55 Å². The third-order valence-corrected chi connectivity index (χ3v) is 4.77. The lowest BCUT2D eigenvalue weighted by Crippen LogP contribution is -2.23. The summed E-state index contributed by atoms with van der Waals surface area (Å²) in [4.78, 5) is 16.2. The molecule has 1 atom stereocenters. The van der Waals surface area contributed by atoms with Crippen molar-refractivity contribution in [2.24, 2.45) is 7.05 Å². The highest BCUT2D eigenvalue weighted by molar-refractivity contribution is 6.30. The van der Waals surface area contributed by atoms with E-state index in [1.165, 1.54) is 6.07 Å². The lowest BCUT2D eigenvalue weighted by Gasteiger charge is -2.17. The number of aryl methyl sites for hydroxylation is 1. The summed E-state index contributed by atoms with van der Waals surface area (Å²) >= 11 is 6.02. The van der Waals surface area contributed by atoms with Gasteiger partial charge in [0.25, 0.3) is 5.56 Å². The van der Waals surface area contributed by atoms with Crippen molar-refractivity contribution in [3.63, 3.8) is 0 Å². The Morgan fingerprint density at radius 1 is 1.37 bits per heavy atom. The van der Waals surface area contributed by atoms with Crippen LogP contribution in [0.3, 0.4) is 0 Å². The second-order valence-electron chi connectivity index (χ2n) is 6.46. The first-order valence-corrected chi connectivity index (χ1v) is 8.86. The van der Waals surface area contributed by atoms with Crippen LogP contribution in [-0.2, 0) is 13.5 Å². The Morgan fingerprint density at radius 2 is 2.15 bits per heavy atom. The zero-order chi connectivity index (χ0) is 19.6. The fraction of sp³-hybridized carbons (Fsp3) is 0.250. The maximum absolute atomic E-state index is 12.2. The predicted molar refractivity (Wildman–Crippen MR) is 106 cm³/mol. The average Bonchev–Trinajstić information content (AvgIpc) is 2.66. The Balaban J connectivity index is 2.10. The topological polar surface area (TPSA) is 90.9 Å². The summed E-state index contributed by atoms with van der Waals surface area (Å²) in [5.74, 6) is 0. The Hall–Kier alpha value is -2.88. The first-order valence-electron chi connectivity index (χ1n) is 8.48. The zero-order valence-electron chi connectivity index (χ0n) is 15.0. The molecule has 138 valence electrons. The number of rotatable bonds is 5. The van der Waals surface area contributed by atoms with Gasteiger partial charge in [0.2, 0.25) is 0 Å². The van der Waals surface area contributed by atoms with Gasteiger partial charge in [0.1, 0.15) is 11.2 Å². The molecule has 0 saturated carbocycles. The zero-order valence-corrected chi connectivity index (χ0v) is 15.8. The van der Waals surface area contributed by atoms with Crippen molar-refractivity contribution < 1.29 is 5.11 Å². The van der Waals surface area contributed by atoms with Crippen molar-refractivity contribution in [1.29, 1.82) is 5.26 Å². The van der Waals surface area contributed by atoms with E-state index < -0.39 is 0 Å². The third kappa shape index (κ3) is 3.80. The molecule has 0 radical (unpaired) electrons. The van der Waals surface area contributed by atoms with E-state index in [0.29, 0.717) is 17.7 Å². The maximum Gasteiger partial charge on any atom is 0.252 e. The van der Waals surface area contributed by atoms with Gasteiger partial charge >= 0.3 is 0 Å². The van der Waals surface area contributed by atoms with Crippen LogP contribution in [0.1, 0.15) is 23.6 Å². The molecule has 6 nitrogen and oxygen atoms in total. The largest absolute Gasteiger partial charge is 0.394 e. The Labute approximate surface area is 161 Å². The van der Waals surface area contributed by atoms with Crippen LogP contribution < -0.4 is 10.9 Å². The van der Waals surface area contributed by atoms with E-state index in [0.717, 1.165) is 22.0 Å². The van der Waals surface area contributed by atoms with Crippen molar-refractivity contribution >= 4 is 28.2 Å². The first kappa shape index (κ1) is 18.9. The van der Waals surface area contributed by atoms with Crippen LogP contribution in [0.5, 0.6) is 0 Å². The number of aliphatic hydroxyl groups is 1. The Morgan fingerprint density at radius 3 is 2.85 bits per heavy atom. The van der Waals surface area contributed by atoms with Gasteiger partial charge in [-0.3, -0.25) is 4.79 Å². The quantitative estimate of drug-likeness (QED) is 0.662. The number of aromatic nitrogens is 2. The molecule has 7 heteroatoms. The van der Waals surface area contributed by atoms with E-state index in [9.17, 15) is 15.2 Å². The summed E-state index contributed by atoms with van der Waals surface area (Å²) in [6, 6.07) is 11.0. The SMILES string of the molecule is C[C@H](CO)Nc1cc(=O)n(C)c2ccc(Cc3ccnc(Cl)c3C#N)cc12. The molecular formula is C20H19ClN4O2. The maximum atomic E-state index is 12.2. The summed E-state index contributed by atoms with van der Waals surface area (Å²) in [6.07, 6.45) is 2.10. The summed E-state index contributed by atoms with van der Waals surface area (Å²) < 4.78 is 1.58. The normalized spacial score (nSPS) is 12.0. The fourth-order valence-corrected chi connectivity index (χ4v) is 3.23. The number of nitrogens with one attached hydrogen (secondary N) is 1. The molecule has 2 N–H and O–H groups in total. The second-order valence-corrected chi connectivity index (χ2v) is 6.82. The highest BCUT2D eigenvalue weighted by Crippen LogP contribution is 2.26. The number of fused-ring (bicyclic) bond motifs is 1. The number of nitriles is 1. The molecule has 0 spiro atoms. The van der Waals surface area contributed by atoms with E-state index in [1.54, 1.807) is 23.9 Å². The van der Waals surface area contributed by atoms with Crippen LogP contribution in [0.15, 0.2) is 41.3 Å². The minimum atomic E-state index is -0.187. The van der Waals surface area contributed by atoms with Crippen molar-refractivity contribution in [3.05, 3.63) is 68.7 Å². The monoisotopic (exact) mass is 382 g/mol. The van der Waals surface area contributed by atoms with Crippen LogP contribution in [0, 0.1) is 11.3 Å². The number of halogens is 1. The second kappa shape index (κ2) is 7.78. The molecule has 0 bridgehead atoms. The van der Waals surface area contributed by atoms with Gasteiger partial charge in [0.15, 0.2) is 0 Å². The van der Waals surface area contributed by atoms with Crippen LogP contribution in [-0.4, -0.2) is 27.3 Å². The van der Waals surface area contributed by atoms with Crippen LogP contribution in [0.2, 0.25) is 5.15 Å². The third-order valence-electron chi connectivity index (χ3n) is 4.48. The molecule has 1 aromatic carbocycles. The molecule has 0 saturated heterocycles. The van der Waals surface area contributed by atoms with E-state index in [2.05, 4.69) is 16.4 Å². The number of benzene rings is 1. The molecule has 2 heterocycles. The molecule has 0 amide bonds. The standard InChI is InChI=1S/C20H19ClN4O2/c1-12(11-26)24-17-9-19(27)25(2)18-4-3-13(8-15(17)18)7-14-5-6-23-20(21)16(14)10-22/h3-6,8-9,12,24,26H,7,11H2,1-2H3/t12-/m1/s1. The van der Waals surface area contributed by atoms with E-state index >= 15 is 0 Å². The number of aliphatic hydroxyl groups excluding tert-OH is 1. The van der Waals surface area contributed by atoms with Crippen molar-refractivity contribution in [2.45, 2.75) is 19.4 Å². The minimum absolute atomic E-state index is 0.0442. The molecule has 0 fully saturated rings. The van der Waals surface area contributed by atoms with Crippen molar-refractivity contribution in [3.8, 4) is 6.07 Å². The molecule has 2 aromatic heterocycles. The molecule has 0 aliphatic rings. The highest BCUT2D eigenvalue weighted by Gasteiger charge is 2.12. The summed E-state index contributed by atoms with van der Waals surface area (Å²) in [5, 5.41) is 22.9. The lowest BCUT2D eigenvalue weighted by molar-refractivity contribution is 0.281. The smallest absolute Gasteiger partial charge is 0.252 e. The summed E-state index contributed by atoms with van der Waals surface area (Å²) in [7, 11) is 1.72. The molecule has 0 unspecified atom stereocenters. The average molecular weight is 383 g/mol. The summed E-state index contributed by atoms with van der Waals surface area (Å²) in [5.41, 5.74) is 3.46. The van der Waals surface area contributed by atoms with Crippen LogP contribution in [0.25, 0.3) is 10.9 Å². The van der Waals surface area contributed by atoms with Gasteiger partial charge in [-0.15, -0.1) is 0 Å². The summed E-state index contributed by atoms with van der Waals surface area (Å²) in [6.45, 7) is 1.79. The van der Waals surface area contributed by atoms with Crippen LogP contribution in [0.4, 0.5) is 5.69 Å². The Kier molecular flexibility index (Phi) is 5.45. The highest BCUT2D eigenvalue weighted by atomic mass is 35.5. The van der Waals surface area contributed by atoms with Crippen LogP contribution >= 0.6 is 11.6 Å². The van der Waals surface area contributed by atoms with Crippen molar-refractivity contribution in [2.75, 3.05) is 11.9 Å². The Bertz CT molecular complexity index is 1100. The van der Waals surface area contributed by atoms with Gasteiger partial charge in [-0.2, -0.15) is 5.26 Å². The molecule has 27 heavy (non-hydrogen) atoms. The fourth-order valence-electron chi connectivity index (χ4n) is 3.01. The molecule has 0 aliphatic carbocycles. The van der Waals surface area contributed by atoms with Gasteiger partial charge in [0, 0.05) is 36.4 Å². The van der Waals surface area contributed by atoms with E-state index in [-0.39, 0.29) is 23.4 Å². The molecular weight excluding hydrogens is 364 g/mol. The number of hydrogen-bond acceptors (Lipinski definition) is 5. The number of nitrogens with zero attached hydrogens (tertiary/aromatic N) is 3. The van der Waals surface area contributed by atoms with E-state index in [4.69, 9.17) is 11.6 Å². The molecule has 0 aliphatic heterocycles. The molecule has 3 aromatic rings. The van der Waals surface area contributed by atoms with Gasteiger partial charge in [-0.05, 0) is 42.7 Å². The number of pyridine rings is 2. The van der Waals surface area contributed by atoms with Gasteiger partial charge in [0.05, 0.1) is 17.7 Å². The van der Waals surface area contributed by atoms with Gasteiger partial charge < -0.3 is 15.0 Å². The first-order chi connectivity index (χ1) is 12.9. The lowest BCUT2D eigenvalue weighted by atomic mass is 10.00. The molecule has 3 rings (SSSR count).